The summed E-state index contributed by atoms with van der Waals surface area (Å²) < 4.78 is 26.2. The van der Waals surface area contributed by atoms with E-state index in [1.165, 1.54) is 6.42 Å². The molecule has 0 aromatic rings. The predicted octanol–water partition coefficient (Wildman–Crippen LogP) is 4.42. The quantitative estimate of drug-likeness (QED) is 0.0874. The van der Waals surface area contributed by atoms with Crippen LogP contribution in [-0.4, -0.2) is 54.3 Å². The maximum Gasteiger partial charge on any atom is 0.472 e. The number of phosphoric ester groups is 1. The third-order valence-corrected chi connectivity index (χ3v) is 5.66. The molecule has 0 bridgehead atoms. The molecular formula is C23H44NO8P. The van der Waals surface area contributed by atoms with Crippen molar-refractivity contribution in [1.29, 1.82) is 0 Å². The van der Waals surface area contributed by atoms with Crippen LogP contribution in [0.25, 0.3) is 0 Å². The molecule has 1 amide bonds. The first kappa shape index (κ1) is 31.8. The highest BCUT2D eigenvalue weighted by Gasteiger charge is 2.23. The monoisotopic (exact) mass is 493 g/mol. The number of phosphoric acid groups is 1. The second kappa shape index (κ2) is 21.3. The number of ether oxygens (including phenoxy) is 1. The molecule has 0 heterocycles. The minimum absolute atomic E-state index is 0.0760. The van der Waals surface area contributed by atoms with Crippen LogP contribution in [0, 0.1) is 0 Å². The van der Waals surface area contributed by atoms with E-state index in [0.717, 1.165) is 57.8 Å². The average Bonchev–Trinajstić information content (AvgIpc) is 2.79. The Bertz CT molecular complexity index is 585. The Kier molecular flexibility index (Phi) is 20.5. The number of esters is 1. The fourth-order valence-electron chi connectivity index (χ4n) is 2.77. The number of amides is 1. The number of carbonyl (C=O) groups is 2. The number of aliphatic hydroxyl groups is 1. The Morgan fingerprint density at radius 1 is 0.909 bits per heavy atom. The van der Waals surface area contributed by atoms with Gasteiger partial charge in [0.05, 0.1) is 13.2 Å². The van der Waals surface area contributed by atoms with Gasteiger partial charge in [0.25, 0.3) is 0 Å². The first-order valence-corrected chi connectivity index (χ1v) is 13.7. The maximum atomic E-state index is 11.8. The van der Waals surface area contributed by atoms with Crippen molar-refractivity contribution in [3.63, 3.8) is 0 Å². The number of aliphatic hydroxyl groups excluding tert-OH is 1. The van der Waals surface area contributed by atoms with Crippen molar-refractivity contribution in [2.75, 3.05) is 26.4 Å². The molecule has 0 rings (SSSR count). The lowest BCUT2D eigenvalue weighted by Crippen LogP contribution is -2.27. The number of hydrogen-bond donors (Lipinski definition) is 3. The summed E-state index contributed by atoms with van der Waals surface area (Å²) in [5.74, 6) is -0.569. The zero-order valence-corrected chi connectivity index (χ0v) is 21.2. The van der Waals surface area contributed by atoms with E-state index in [0.29, 0.717) is 6.42 Å². The van der Waals surface area contributed by atoms with E-state index < -0.39 is 26.5 Å². The van der Waals surface area contributed by atoms with Gasteiger partial charge in [-0.3, -0.25) is 18.6 Å². The molecule has 33 heavy (non-hydrogen) atoms. The molecule has 0 aliphatic carbocycles. The molecule has 2 atom stereocenters. The molecule has 0 aromatic carbocycles. The standard InChI is InChI=1S/C23H44NO8P/c1-3-5-7-8-9-10-11-12-13-14-16-23(27)30-19-21(25)20-32-33(28,29)31-18-17-24-22(26)15-6-4-2/h7-8,21,25H,3-6,9-20H2,1-2H3,(H,24,26)(H,28,29)/b8-7-. The summed E-state index contributed by atoms with van der Waals surface area (Å²) in [6, 6.07) is 0. The van der Waals surface area contributed by atoms with Crippen molar-refractivity contribution in [3.05, 3.63) is 12.2 Å². The molecule has 3 N–H and O–H groups in total. The normalized spacial score (nSPS) is 14.2. The number of hydrogen-bond acceptors (Lipinski definition) is 7. The van der Waals surface area contributed by atoms with Gasteiger partial charge in [-0.05, 0) is 32.1 Å². The smallest absolute Gasteiger partial charge is 0.463 e. The van der Waals surface area contributed by atoms with Crippen LogP contribution < -0.4 is 5.32 Å². The van der Waals surface area contributed by atoms with Crippen LogP contribution in [0.5, 0.6) is 0 Å². The molecule has 0 spiro atoms. The second-order valence-corrected chi connectivity index (χ2v) is 9.41. The first-order valence-electron chi connectivity index (χ1n) is 12.2. The molecule has 0 aliphatic rings. The molecular weight excluding hydrogens is 449 g/mol. The van der Waals surface area contributed by atoms with Crippen LogP contribution in [0.15, 0.2) is 12.2 Å². The van der Waals surface area contributed by atoms with Gasteiger partial charge in [0.15, 0.2) is 0 Å². The SMILES string of the molecule is CCC/C=C\CCCCCCCC(=O)OCC(O)COP(=O)(O)OCCNC(=O)CCCC. The van der Waals surface area contributed by atoms with Crippen molar-refractivity contribution in [2.24, 2.45) is 0 Å². The van der Waals surface area contributed by atoms with Gasteiger partial charge in [-0.2, -0.15) is 0 Å². The number of unbranched alkanes of at least 4 members (excludes halogenated alkanes) is 7. The van der Waals surface area contributed by atoms with E-state index in [4.69, 9.17) is 13.8 Å². The number of nitrogens with one attached hydrogen (secondary N) is 1. The van der Waals surface area contributed by atoms with E-state index in [1.54, 1.807) is 0 Å². The summed E-state index contributed by atoms with van der Waals surface area (Å²) in [4.78, 5) is 32.7. The van der Waals surface area contributed by atoms with E-state index in [2.05, 4.69) is 24.4 Å². The summed E-state index contributed by atoms with van der Waals surface area (Å²) >= 11 is 0. The largest absolute Gasteiger partial charge is 0.472 e. The molecule has 0 fully saturated rings. The summed E-state index contributed by atoms with van der Waals surface area (Å²) in [7, 11) is -4.37. The van der Waals surface area contributed by atoms with Crippen molar-refractivity contribution in [2.45, 2.75) is 97.0 Å². The molecule has 10 heteroatoms. The fraction of sp³-hybridized carbons (Fsp3) is 0.826. The molecule has 9 nitrogen and oxygen atoms in total. The topological polar surface area (TPSA) is 131 Å². The zero-order chi connectivity index (χ0) is 24.8. The van der Waals surface area contributed by atoms with Crippen LogP contribution in [0.1, 0.15) is 90.9 Å². The van der Waals surface area contributed by atoms with Gasteiger partial charge in [-0.25, -0.2) is 4.57 Å². The average molecular weight is 494 g/mol. The summed E-state index contributed by atoms with van der Waals surface area (Å²) in [5, 5.41) is 12.3. The Morgan fingerprint density at radius 3 is 2.33 bits per heavy atom. The molecule has 0 aliphatic heterocycles. The van der Waals surface area contributed by atoms with E-state index in [-0.39, 0.29) is 32.1 Å². The summed E-state index contributed by atoms with van der Waals surface area (Å²) in [5.41, 5.74) is 0. The second-order valence-electron chi connectivity index (χ2n) is 7.95. The van der Waals surface area contributed by atoms with Crippen LogP contribution in [0.2, 0.25) is 0 Å². The number of carbonyl (C=O) groups excluding carboxylic acids is 2. The van der Waals surface area contributed by atoms with Gasteiger partial charge in [0, 0.05) is 19.4 Å². The predicted molar refractivity (Wildman–Crippen MR) is 128 cm³/mol. The summed E-state index contributed by atoms with van der Waals surface area (Å²) in [6.07, 6.45) is 14.0. The van der Waals surface area contributed by atoms with Crippen molar-refractivity contribution >= 4 is 19.7 Å². The van der Waals surface area contributed by atoms with Gasteiger partial charge in [-0.15, -0.1) is 0 Å². The third kappa shape index (κ3) is 22.3. The highest BCUT2D eigenvalue weighted by molar-refractivity contribution is 7.47. The van der Waals surface area contributed by atoms with Crippen molar-refractivity contribution in [1.82, 2.24) is 5.32 Å². The lowest BCUT2D eigenvalue weighted by molar-refractivity contribution is -0.147. The lowest BCUT2D eigenvalue weighted by atomic mass is 10.1. The van der Waals surface area contributed by atoms with Crippen LogP contribution >= 0.6 is 7.82 Å². The molecule has 0 saturated carbocycles. The molecule has 0 aromatic heterocycles. The Labute approximate surface area is 198 Å². The van der Waals surface area contributed by atoms with E-state index in [1.807, 2.05) is 6.92 Å². The summed E-state index contributed by atoms with van der Waals surface area (Å²) in [6.45, 7) is 3.17. The van der Waals surface area contributed by atoms with E-state index >= 15 is 0 Å². The molecule has 2 unspecified atom stereocenters. The third-order valence-electron chi connectivity index (χ3n) is 4.68. The number of allylic oxidation sites excluding steroid dienone is 2. The van der Waals surface area contributed by atoms with Crippen molar-refractivity contribution < 1.29 is 37.9 Å². The Balaban J connectivity index is 3.71. The first-order chi connectivity index (χ1) is 15.8. The Morgan fingerprint density at radius 2 is 1.61 bits per heavy atom. The highest BCUT2D eigenvalue weighted by atomic mass is 31.2. The molecule has 0 radical (unpaired) electrons. The van der Waals surface area contributed by atoms with Crippen LogP contribution in [0.4, 0.5) is 0 Å². The Hall–Kier alpha value is -1.25. The van der Waals surface area contributed by atoms with Gasteiger partial charge in [0.1, 0.15) is 12.7 Å². The van der Waals surface area contributed by atoms with Gasteiger partial charge in [0.2, 0.25) is 5.91 Å². The highest BCUT2D eigenvalue weighted by Crippen LogP contribution is 2.42. The minimum Gasteiger partial charge on any atom is -0.463 e. The fourth-order valence-corrected chi connectivity index (χ4v) is 3.53. The molecule has 194 valence electrons. The van der Waals surface area contributed by atoms with Gasteiger partial charge < -0.3 is 20.1 Å². The van der Waals surface area contributed by atoms with Gasteiger partial charge >= 0.3 is 13.8 Å². The number of rotatable bonds is 22. The molecule has 0 saturated heterocycles. The maximum absolute atomic E-state index is 11.8. The zero-order valence-electron chi connectivity index (χ0n) is 20.3. The van der Waals surface area contributed by atoms with Gasteiger partial charge in [-0.1, -0.05) is 58.1 Å². The minimum atomic E-state index is -4.37. The van der Waals surface area contributed by atoms with Crippen LogP contribution in [-0.2, 0) is 27.9 Å². The lowest BCUT2D eigenvalue weighted by Gasteiger charge is -2.15. The van der Waals surface area contributed by atoms with E-state index in [9.17, 15) is 24.2 Å². The van der Waals surface area contributed by atoms with Crippen LogP contribution in [0.3, 0.4) is 0 Å². The van der Waals surface area contributed by atoms with Crippen molar-refractivity contribution in [3.8, 4) is 0 Å².